The lowest BCUT2D eigenvalue weighted by Gasteiger charge is -2.07. The SMILES string of the molecule is CCOC(=N)CC(=O)OCC.CCOC(=O)Cc1nc2cccc(Br)c2o1.COc1ccc(-c2cccc3nc(CC(=O)Nc4nc(Cl)ccc4N)oc23)c(Cl)c1.COc1ccc(-c2cccc3nc(CC(=O)O)oc23)c(Cl)c1.COc1ccc(-c2cccc3nc(Cc4nc5nc(Cl)ccc5[nH]4)oc23)c(Cl)c1.Nc1cccc(Br)c1O. The minimum atomic E-state index is -0.990. The van der Waals surface area contributed by atoms with Crippen molar-refractivity contribution in [2.45, 2.75) is 52.9 Å². The van der Waals surface area contributed by atoms with E-state index < -0.39 is 11.9 Å². The van der Waals surface area contributed by atoms with Crippen LogP contribution in [0.2, 0.25) is 25.4 Å². The fourth-order valence-electron chi connectivity index (χ4n) is 11.0. The van der Waals surface area contributed by atoms with Crippen molar-refractivity contribution in [1.29, 1.82) is 5.41 Å². The number of oxazole rings is 4. The number of amides is 1. The van der Waals surface area contributed by atoms with Crippen molar-refractivity contribution in [1.82, 2.24) is 39.9 Å². The first kappa shape index (κ1) is 87.4. The number of halogens is 7. The normalized spacial score (nSPS) is 10.7. The van der Waals surface area contributed by atoms with Crippen LogP contribution in [0.4, 0.5) is 17.2 Å². The van der Waals surface area contributed by atoms with Crippen LogP contribution in [-0.2, 0) is 59.1 Å². The first-order valence-electron chi connectivity index (χ1n) is 35.2. The van der Waals surface area contributed by atoms with Crippen molar-refractivity contribution >= 4 is 192 Å². The van der Waals surface area contributed by atoms with Gasteiger partial charge in [-0.25, -0.2) is 34.9 Å². The van der Waals surface area contributed by atoms with Gasteiger partial charge in [0.2, 0.25) is 29.5 Å². The molecule has 0 spiro atoms. The summed E-state index contributed by atoms with van der Waals surface area (Å²) >= 11 is 37.4. The van der Waals surface area contributed by atoms with Crippen LogP contribution in [0.5, 0.6) is 23.0 Å². The number of aromatic amines is 1. The molecule has 0 radical (unpaired) electrons. The van der Waals surface area contributed by atoms with Crippen LogP contribution >= 0.6 is 89.9 Å². The highest BCUT2D eigenvalue weighted by molar-refractivity contribution is 9.11. The fourth-order valence-corrected chi connectivity index (χ4v) is 12.9. The number of phenols is 1. The van der Waals surface area contributed by atoms with Gasteiger partial charge in [0.25, 0.3) is 0 Å². The maximum absolute atomic E-state index is 12.4. The summed E-state index contributed by atoms with van der Waals surface area (Å²) in [6.45, 7) is 6.38. The number of aromatic hydroxyl groups is 1. The topological polar surface area (TPSA) is 411 Å². The molecule has 15 rings (SSSR count). The summed E-state index contributed by atoms with van der Waals surface area (Å²) in [6, 6.07) is 50.4. The van der Waals surface area contributed by atoms with E-state index in [-0.39, 0.29) is 72.0 Å². The van der Waals surface area contributed by atoms with Crippen LogP contribution < -0.4 is 31.0 Å². The number of carboxylic acids is 1. The van der Waals surface area contributed by atoms with Gasteiger partial charge in [-0.15, -0.1) is 0 Å². The van der Waals surface area contributed by atoms with E-state index in [4.69, 9.17) is 126 Å². The van der Waals surface area contributed by atoms with Crippen LogP contribution in [0.15, 0.2) is 196 Å². The number of nitrogens with zero attached hydrogens (tertiary/aromatic N) is 7. The standard InChI is InChI=1S/C21H16Cl2N4O3.C21H14Cl2N4O2.C16H12ClNO4.C11H10BrNO3.C7H13NO3.C6H6BrNO/c1-29-11-5-6-12(14(22)9-11)13-3-2-4-16-20(13)30-19(25-16)10-18(28)27-21-15(24)7-8-17(23)26-21;1-28-11-5-6-12(14(22)9-11)13-3-2-4-15-20(13)29-19(25-15)10-18-24-16-7-8-17(23)26-21(16)27-18;1-21-9-5-6-10(12(17)7-9)11-3-2-4-13-16(11)22-14(18-13)8-15(19)20;1-2-15-10(14)6-9-13-8-5-3-4-7(12)11(8)16-9;1-3-10-6(8)5-7(9)11-4-2;7-4-2-1-3-5(8)6(4)9/h2-9H,10,24H2,1H3,(H,26,27,28);2-9H,10H2,1H3,(H,24,26,27);2-7H,8H2,1H3,(H,19,20);3-5H,2,6H2,1H3;8H,3-5H2,1-2H3;1-3,9H,8H2. The van der Waals surface area contributed by atoms with Crippen molar-refractivity contribution in [2.75, 3.05) is 57.9 Å². The average molecular weight is 1820 g/mol. The van der Waals surface area contributed by atoms with Gasteiger partial charge in [-0.1, -0.05) is 107 Å². The second-order valence-corrected chi connectivity index (χ2v) is 28.0. The largest absolute Gasteiger partial charge is 0.505 e. The number of para-hydroxylation sites is 5. The van der Waals surface area contributed by atoms with Gasteiger partial charge < -0.3 is 78.1 Å². The van der Waals surface area contributed by atoms with Crippen molar-refractivity contribution in [3.05, 3.63) is 234 Å². The number of aromatic nitrogens is 8. The minimum absolute atomic E-state index is 0.0362. The van der Waals surface area contributed by atoms with E-state index in [1.165, 1.54) is 0 Å². The fraction of sp³-hybridized carbons (Fsp3) is 0.171. The summed E-state index contributed by atoms with van der Waals surface area (Å²) in [7, 11) is 4.75. The Balaban J connectivity index is 0.000000155. The van der Waals surface area contributed by atoms with Gasteiger partial charge in [-0.05, 0) is 174 Å². The van der Waals surface area contributed by atoms with E-state index in [2.05, 4.69) is 81.8 Å². The molecule has 8 aromatic carbocycles. The molecule has 15 aromatic rings. The second-order valence-electron chi connectivity index (χ2n) is 24.2. The van der Waals surface area contributed by atoms with Gasteiger partial charge in [-0.3, -0.25) is 24.6 Å². The van der Waals surface area contributed by atoms with E-state index in [9.17, 15) is 19.2 Å². The molecule has 0 bridgehead atoms. The van der Waals surface area contributed by atoms with E-state index in [0.717, 1.165) is 54.4 Å². The molecule has 1 amide bonds. The van der Waals surface area contributed by atoms with Gasteiger partial charge >= 0.3 is 17.9 Å². The van der Waals surface area contributed by atoms with Crippen molar-refractivity contribution in [3.8, 4) is 56.4 Å². The van der Waals surface area contributed by atoms with Crippen molar-refractivity contribution < 1.29 is 75.5 Å². The number of hydrogen-bond donors (Lipinski definition) is 7. The molecule has 0 aliphatic heterocycles. The molecule has 0 unspecified atom stereocenters. The number of nitrogen functional groups attached to an aromatic ring is 2. The van der Waals surface area contributed by atoms with E-state index >= 15 is 0 Å². The molecule has 0 atom stereocenters. The van der Waals surface area contributed by atoms with E-state index in [1.807, 2.05) is 97.1 Å². The number of ether oxygens (including phenoxy) is 6. The molecule has 28 nitrogen and oxygen atoms in total. The average Bonchev–Trinajstić information content (AvgIpc) is 1.69. The number of rotatable bonds is 20. The molecule has 117 heavy (non-hydrogen) atoms. The molecular weight excluding hydrogens is 1750 g/mol. The Kier molecular flexibility index (Phi) is 31.0. The third-order valence-corrected chi connectivity index (χ3v) is 18.8. The van der Waals surface area contributed by atoms with Crippen LogP contribution in [0, 0.1) is 5.41 Å². The first-order chi connectivity index (χ1) is 56.2. The highest BCUT2D eigenvalue weighted by atomic mass is 79.9. The lowest BCUT2D eigenvalue weighted by molar-refractivity contribution is -0.143. The van der Waals surface area contributed by atoms with Gasteiger partial charge in [-0.2, -0.15) is 0 Å². The van der Waals surface area contributed by atoms with Crippen LogP contribution in [0.1, 0.15) is 56.6 Å². The molecule has 0 fully saturated rings. The van der Waals surface area contributed by atoms with Gasteiger partial charge in [0.05, 0.1) is 88.5 Å². The summed E-state index contributed by atoms with van der Waals surface area (Å²) in [6.07, 6.45) is 0.0393. The van der Waals surface area contributed by atoms with Crippen molar-refractivity contribution in [2.24, 2.45) is 0 Å². The Morgan fingerprint density at radius 1 is 0.479 bits per heavy atom. The maximum Gasteiger partial charge on any atom is 0.315 e. The summed E-state index contributed by atoms with van der Waals surface area (Å²) in [4.78, 5) is 78.4. The summed E-state index contributed by atoms with van der Waals surface area (Å²) in [5.41, 5.74) is 23.1. The third-order valence-electron chi connectivity index (χ3n) is 16.2. The number of pyridine rings is 2. The second kappa shape index (κ2) is 41.5. The van der Waals surface area contributed by atoms with Gasteiger partial charge in [0, 0.05) is 33.4 Å². The third kappa shape index (κ3) is 23.6. The quantitative estimate of drug-likeness (QED) is 0.00930. The van der Waals surface area contributed by atoms with E-state index in [1.54, 1.807) is 115 Å². The number of carbonyl (C=O) groups is 4. The molecule has 0 saturated carbocycles. The zero-order valence-electron chi connectivity index (χ0n) is 62.9. The zero-order valence-corrected chi connectivity index (χ0v) is 69.8. The number of hydrogen-bond acceptors (Lipinski definition) is 25. The van der Waals surface area contributed by atoms with E-state index in [0.29, 0.717) is 136 Å². The van der Waals surface area contributed by atoms with Crippen molar-refractivity contribution in [3.63, 3.8) is 0 Å². The molecule has 604 valence electrons. The highest BCUT2D eigenvalue weighted by Gasteiger charge is 2.22. The Hall–Kier alpha value is -12.0. The number of H-pyrrole nitrogens is 1. The number of carbonyl (C=O) groups excluding carboxylic acids is 3. The van der Waals surface area contributed by atoms with Gasteiger partial charge in [0.1, 0.15) is 81.1 Å². The molecule has 0 saturated heterocycles. The molecule has 0 aliphatic carbocycles. The maximum atomic E-state index is 12.4. The summed E-state index contributed by atoms with van der Waals surface area (Å²) < 4.78 is 54.2. The summed E-state index contributed by atoms with van der Waals surface area (Å²) in [5, 5.41) is 29.8. The number of phenolic OH excluding ortho intramolecular Hbond substituents is 1. The number of benzene rings is 8. The van der Waals surface area contributed by atoms with Gasteiger partial charge in [0.15, 0.2) is 45.4 Å². The lowest BCUT2D eigenvalue weighted by atomic mass is 10.0. The molecule has 7 aromatic heterocycles. The number of anilines is 3. The Bertz CT molecular complexity index is 6040. The number of aliphatic carboxylic acids is 1. The lowest BCUT2D eigenvalue weighted by Crippen LogP contribution is -2.16. The predicted molar refractivity (Wildman–Crippen MR) is 455 cm³/mol. The number of carboxylic acid groups (broad SMARTS) is 1. The molecule has 9 N–H and O–H groups in total. The number of imidazole rings is 1. The first-order valence-corrected chi connectivity index (χ1v) is 38.6. The van der Waals surface area contributed by atoms with Crippen LogP contribution in [0.3, 0.4) is 0 Å². The predicted octanol–water partition coefficient (Wildman–Crippen LogP) is 19.8. The molecule has 35 heteroatoms. The summed E-state index contributed by atoms with van der Waals surface area (Å²) in [5.74, 6) is 2.19. The number of methoxy groups -OCH3 is 3. The molecule has 0 aliphatic rings. The Morgan fingerprint density at radius 2 is 0.915 bits per heavy atom. The number of nitrogens with two attached hydrogens (primary N) is 2. The minimum Gasteiger partial charge on any atom is -0.505 e. The highest BCUT2D eigenvalue weighted by Crippen LogP contribution is 2.40. The molecular formula is C82H71Br2Cl5N12O16. The smallest absolute Gasteiger partial charge is 0.315 e. The Morgan fingerprint density at radius 3 is 1.39 bits per heavy atom. The van der Waals surface area contributed by atoms with Crippen LogP contribution in [-0.4, -0.2) is 121 Å². The molecule has 7 heterocycles. The number of fused-ring (bicyclic) bond motifs is 5. The zero-order chi connectivity index (χ0) is 84.0. The Labute approximate surface area is 708 Å². The monoisotopic (exact) mass is 1810 g/mol. The number of nitrogens with one attached hydrogen (secondary N) is 3. The number of esters is 2. The van der Waals surface area contributed by atoms with Crippen LogP contribution in [0.25, 0.3) is 88.9 Å².